The molecule has 5 nitrogen and oxygen atoms in total. The Morgan fingerprint density at radius 3 is 2.81 bits per heavy atom. The summed E-state index contributed by atoms with van der Waals surface area (Å²) in [5.41, 5.74) is 0.516. The molecule has 1 atom stereocenters. The van der Waals surface area contributed by atoms with Crippen molar-refractivity contribution in [3.05, 3.63) is 29.6 Å². The quantitative estimate of drug-likeness (QED) is 0.837. The molecule has 0 radical (unpaired) electrons. The Labute approximate surface area is 124 Å². The van der Waals surface area contributed by atoms with Crippen molar-refractivity contribution in [1.29, 1.82) is 0 Å². The van der Waals surface area contributed by atoms with Gasteiger partial charge >= 0.3 is 0 Å². The molecular weight excluding hydrogens is 295 g/mol. The summed E-state index contributed by atoms with van der Waals surface area (Å²) in [6, 6.07) is 4.21. The average molecular weight is 314 g/mol. The van der Waals surface area contributed by atoms with Gasteiger partial charge in [0.25, 0.3) is 0 Å². The largest absolute Gasteiger partial charge is 0.367 e. The molecule has 1 aromatic rings. The van der Waals surface area contributed by atoms with Gasteiger partial charge in [-0.2, -0.15) is 0 Å². The Kier molecular flexibility index (Phi) is 4.63. The predicted octanol–water partition coefficient (Wildman–Crippen LogP) is 1.55. The van der Waals surface area contributed by atoms with Gasteiger partial charge in [-0.1, -0.05) is 6.07 Å². The Morgan fingerprint density at radius 2 is 2.19 bits per heavy atom. The number of halogens is 1. The van der Waals surface area contributed by atoms with Crippen LogP contribution in [0.2, 0.25) is 0 Å². The van der Waals surface area contributed by atoms with Gasteiger partial charge in [0.2, 0.25) is 10.0 Å². The molecular formula is C14H19FN2O3S. The molecule has 2 rings (SSSR count). The van der Waals surface area contributed by atoms with Crippen molar-refractivity contribution in [1.82, 2.24) is 4.72 Å². The van der Waals surface area contributed by atoms with E-state index in [0.29, 0.717) is 18.7 Å². The first-order valence-electron chi connectivity index (χ1n) is 6.83. The maximum atomic E-state index is 13.9. The number of hydrogen-bond acceptors (Lipinski definition) is 4. The Morgan fingerprint density at radius 1 is 1.48 bits per heavy atom. The highest BCUT2D eigenvalue weighted by molar-refractivity contribution is 7.89. The lowest BCUT2D eigenvalue weighted by Gasteiger charge is -2.28. The van der Waals surface area contributed by atoms with E-state index in [4.69, 9.17) is 0 Å². The number of anilines is 1. The van der Waals surface area contributed by atoms with Gasteiger partial charge < -0.3 is 4.90 Å². The van der Waals surface area contributed by atoms with E-state index in [9.17, 15) is 17.6 Å². The second-order valence-electron chi connectivity index (χ2n) is 5.17. The van der Waals surface area contributed by atoms with Gasteiger partial charge in [-0.15, -0.1) is 0 Å². The van der Waals surface area contributed by atoms with Gasteiger partial charge in [0, 0.05) is 12.6 Å². The highest BCUT2D eigenvalue weighted by atomic mass is 32.2. The van der Waals surface area contributed by atoms with E-state index in [0.717, 1.165) is 6.42 Å². The predicted molar refractivity (Wildman–Crippen MR) is 79.6 cm³/mol. The van der Waals surface area contributed by atoms with E-state index < -0.39 is 15.8 Å². The smallest absolute Gasteiger partial charge is 0.213 e. The van der Waals surface area contributed by atoms with Crippen LogP contribution >= 0.6 is 0 Å². The molecule has 0 unspecified atom stereocenters. The third kappa shape index (κ3) is 3.41. The lowest BCUT2D eigenvalue weighted by molar-refractivity contribution is 0.101. The molecule has 1 aromatic carbocycles. The molecule has 1 heterocycles. The number of rotatable bonds is 5. The summed E-state index contributed by atoms with van der Waals surface area (Å²) in [5, 5.41) is 0. The maximum Gasteiger partial charge on any atom is 0.213 e. The molecule has 0 aromatic heterocycles. The molecule has 1 N–H and O–H groups in total. The molecule has 1 aliphatic heterocycles. The van der Waals surface area contributed by atoms with Crippen LogP contribution in [-0.4, -0.2) is 39.6 Å². The lowest BCUT2D eigenvalue weighted by Crippen LogP contribution is -2.39. The van der Waals surface area contributed by atoms with E-state index in [1.165, 1.54) is 20.0 Å². The van der Waals surface area contributed by atoms with Crippen molar-refractivity contribution in [2.45, 2.75) is 25.8 Å². The van der Waals surface area contributed by atoms with E-state index >= 15 is 0 Å². The van der Waals surface area contributed by atoms with E-state index in [1.54, 1.807) is 12.1 Å². The Bertz CT molecular complexity index is 646. The number of nitrogens with zero attached hydrogens (tertiary/aromatic N) is 1. The maximum absolute atomic E-state index is 13.9. The summed E-state index contributed by atoms with van der Waals surface area (Å²) < 4.78 is 39.7. The molecule has 1 saturated heterocycles. The zero-order valence-electron chi connectivity index (χ0n) is 12.1. The van der Waals surface area contributed by atoms with Crippen LogP contribution in [0.4, 0.5) is 10.1 Å². The van der Waals surface area contributed by atoms with Crippen molar-refractivity contribution in [2.75, 3.05) is 24.2 Å². The van der Waals surface area contributed by atoms with Gasteiger partial charge in [0.15, 0.2) is 5.78 Å². The number of benzene rings is 1. The summed E-state index contributed by atoms with van der Waals surface area (Å²) in [6.07, 6.45) is 1.52. The van der Waals surface area contributed by atoms with Gasteiger partial charge in [-0.05, 0) is 38.9 Å². The van der Waals surface area contributed by atoms with Crippen molar-refractivity contribution in [3.8, 4) is 0 Å². The minimum atomic E-state index is -3.36. The fraction of sp³-hybridized carbons (Fsp3) is 0.500. The second-order valence-corrected chi connectivity index (χ2v) is 7.14. The van der Waals surface area contributed by atoms with Crippen LogP contribution in [0.3, 0.4) is 0 Å². The van der Waals surface area contributed by atoms with Crippen molar-refractivity contribution in [3.63, 3.8) is 0 Å². The Hall–Kier alpha value is -1.47. The van der Waals surface area contributed by atoms with Crippen LogP contribution in [0.5, 0.6) is 0 Å². The molecule has 21 heavy (non-hydrogen) atoms. The van der Waals surface area contributed by atoms with Crippen LogP contribution in [0.1, 0.15) is 30.1 Å². The number of ketones is 1. The highest BCUT2D eigenvalue weighted by Crippen LogP contribution is 2.31. The minimum Gasteiger partial charge on any atom is -0.367 e. The van der Waals surface area contributed by atoms with E-state index in [-0.39, 0.29) is 23.1 Å². The summed E-state index contributed by atoms with van der Waals surface area (Å²) >= 11 is 0. The molecule has 1 fully saturated rings. The fourth-order valence-electron chi connectivity index (χ4n) is 2.76. The number of hydrogen-bond donors (Lipinski definition) is 1. The molecule has 0 aliphatic carbocycles. The molecule has 7 heteroatoms. The zero-order chi connectivity index (χ0) is 15.6. The summed E-state index contributed by atoms with van der Waals surface area (Å²) in [6.45, 7) is 1.94. The number of sulfonamides is 1. The fourth-order valence-corrected chi connectivity index (χ4v) is 3.78. The summed E-state index contributed by atoms with van der Waals surface area (Å²) in [4.78, 5) is 13.5. The number of Topliss-reactive ketones (excluding diaryl/α,β-unsaturated/α-hetero) is 1. The highest BCUT2D eigenvalue weighted by Gasteiger charge is 2.31. The SMILES string of the molecule is CNS(=O)(=O)C[C@H]1CCCN1c1cccc(F)c1C(C)=O. The molecule has 116 valence electrons. The van der Waals surface area contributed by atoms with E-state index in [1.807, 2.05) is 4.90 Å². The second kappa shape index (κ2) is 6.11. The number of nitrogens with one attached hydrogen (secondary N) is 1. The van der Waals surface area contributed by atoms with Crippen LogP contribution in [-0.2, 0) is 10.0 Å². The standard InChI is InChI=1S/C14H19FN2O3S/c1-10(18)14-12(15)6-3-7-13(14)17-8-4-5-11(17)9-21(19,20)16-2/h3,6-7,11,16H,4-5,8-9H2,1-2H3/t11-/m1/s1. The van der Waals surface area contributed by atoms with Crippen molar-refractivity contribution >= 4 is 21.5 Å². The molecule has 1 aliphatic rings. The number of carbonyl (C=O) groups is 1. The topological polar surface area (TPSA) is 66.5 Å². The van der Waals surface area contributed by atoms with Crippen LogP contribution in [0.15, 0.2) is 18.2 Å². The van der Waals surface area contributed by atoms with Gasteiger partial charge in [0.1, 0.15) is 5.82 Å². The molecule has 0 amide bonds. The molecule has 0 saturated carbocycles. The van der Waals surface area contributed by atoms with Crippen molar-refractivity contribution in [2.24, 2.45) is 0 Å². The summed E-state index contributed by atoms with van der Waals surface area (Å²) in [5.74, 6) is -0.982. The summed E-state index contributed by atoms with van der Waals surface area (Å²) in [7, 11) is -1.98. The minimum absolute atomic E-state index is 0.0336. The van der Waals surface area contributed by atoms with E-state index in [2.05, 4.69) is 4.72 Å². The van der Waals surface area contributed by atoms with Gasteiger partial charge in [-0.25, -0.2) is 17.5 Å². The number of carbonyl (C=O) groups excluding carboxylic acids is 1. The monoisotopic (exact) mass is 314 g/mol. The molecule has 0 spiro atoms. The zero-order valence-corrected chi connectivity index (χ0v) is 12.9. The lowest BCUT2D eigenvalue weighted by atomic mass is 10.1. The Balaban J connectivity index is 2.37. The third-order valence-electron chi connectivity index (χ3n) is 3.75. The van der Waals surface area contributed by atoms with Gasteiger partial charge in [-0.3, -0.25) is 4.79 Å². The van der Waals surface area contributed by atoms with Crippen LogP contribution < -0.4 is 9.62 Å². The normalized spacial score (nSPS) is 19.0. The molecule has 0 bridgehead atoms. The third-order valence-corrected chi connectivity index (χ3v) is 5.20. The first-order chi connectivity index (χ1) is 9.85. The van der Waals surface area contributed by atoms with Crippen molar-refractivity contribution < 1.29 is 17.6 Å². The van der Waals surface area contributed by atoms with Gasteiger partial charge in [0.05, 0.1) is 17.0 Å². The first kappa shape index (κ1) is 15.9. The van der Waals surface area contributed by atoms with Crippen LogP contribution in [0.25, 0.3) is 0 Å². The first-order valence-corrected chi connectivity index (χ1v) is 8.48. The average Bonchev–Trinajstić information content (AvgIpc) is 2.85. The van der Waals surface area contributed by atoms with Crippen LogP contribution in [0, 0.1) is 5.82 Å².